The molecular formula is C16H20ClIN2. The zero-order valence-corrected chi connectivity index (χ0v) is 15.3. The molecule has 0 saturated heterocycles. The Balaban J connectivity index is 2.80. The molecule has 1 aromatic carbocycles. The molecule has 0 aliphatic rings. The maximum atomic E-state index is 6.38. The van der Waals surface area contributed by atoms with Gasteiger partial charge in [-0.25, -0.2) is 0 Å². The van der Waals surface area contributed by atoms with Crippen LogP contribution in [0.15, 0.2) is 12.1 Å². The van der Waals surface area contributed by atoms with Crippen LogP contribution in [-0.4, -0.2) is 11.5 Å². The summed E-state index contributed by atoms with van der Waals surface area (Å²) in [7, 11) is 0. The first kappa shape index (κ1) is 15.8. The smallest absolute Gasteiger partial charge is 0.0913 e. The Kier molecular flexibility index (Phi) is 5.13. The van der Waals surface area contributed by atoms with Gasteiger partial charge in [0.25, 0.3) is 0 Å². The highest BCUT2D eigenvalue weighted by atomic mass is 127. The topological polar surface area (TPSA) is 24.9 Å². The van der Waals surface area contributed by atoms with Crippen molar-refractivity contribution in [2.45, 2.75) is 40.0 Å². The van der Waals surface area contributed by atoms with Gasteiger partial charge in [0.2, 0.25) is 0 Å². The maximum absolute atomic E-state index is 6.38. The first-order valence-electron chi connectivity index (χ1n) is 6.98. The second kappa shape index (κ2) is 6.48. The monoisotopic (exact) mass is 402 g/mol. The predicted octanol–water partition coefficient (Wildman–Crippen LogP) is 5.75. The van der Waals surface area contributed by atoms with Crippen molar-refractivity contribution in [2.75, 3.05) is 11.9 Å². The molecule has 4 heteroatoms. The molecular weight excluding hydrogens is 383 g/mol. The van der Waals surface area contributed by atoms with Gasteiger partial charge in [-0.1, -0.05) is 32.4 Å². The van der Waals surface area contributed by atoms with Crippen LogP contribution in [0.5, 0.6) is 0 Å². The fourth-order valence-corrected chi connectivity index (χ4v) is 3.64. The second-order valence-corrected chi connectivity index (χ2v) is 7.00. The van der Waals surface area contributed by atoms with Crippen molar-refractivity contribution in [2.24, 2.45) is 0 Å². The summed E-state index contributed by atoms with van der Waals surface area (Å²) in [5.41, 5.74) is 4.45. The minimum atomic E-state index is 0.433. The zero-order valence-electron chi connectivity index (χ0n) is 12.3. The van der Waals surface area contributed by atoms with E-state index in [-0.39, 0.29) is 0 Å². The number of fused-ring (bicyclic) bond motifs is 1. The molecule has 0 saturated carbocycles. The van der Waals surface area contributed by atoms with Crippen molar-refractivity contribution in [1.29, 1.82) is 0 Å². The van der Waals surface area contributed by atoms with Crippen LogP contribution in [0, 0.1) is 10.5 Å². The van der Waals surface area contributed by atoms with Gasteiger partial charge < -0.3 is 5.32 Å². The van der Waals surface area contributed by atoms with E-state index in [2.05, 4.69) is 61.7 Å². The van der Waals surface area contributed by atoms with E-state index < -0.39 is 0 Å². The van der Waals surface area contributed by atoms with Crippen LogP contribution in [0.1, 0.15) is 44.4 Å². The van der Waals surface area contributed by atoms with Crippen LogP contribution in [0.25, 0.3) is 10.9 Å². The van der Waals surface area contributed by atoms with Gasteiger partial charge in [-0.3, -0.25) is 4.98 Å². The molecule has 0 spiro atoms. The molecule has 0 aliphatic carbocycles. The number of halogens is 2. The fourth-order valence-electron chi connectivity index (χ4n) is 2.57. The lowest BCUT2D eigenvalue weighted by molar-refractivity contribution is 0.844. The molecule has 0 bridgehead atoms. The Morgan fingerprint density at radius 2 is 2.05 bits per heavy atom. The van der Waals surface area contributed by atoms with E-state index in [4.69, 9.17) is 16.6 Å². The van der Waals surface area contributed by atoms with E-state index in [0.717, 1.165) is 38.2 Å². The van der Waals surface area contributed by atoms with Crippen LogP contribution in [-0.2, 0) is 0 Å². The van der Waals surface area contributed by atoms with E-state index >= 15 is 0 Å². The zero-order chi connectivity index (χ0) is 14.9. The quantitative estimate of drug-likeness (QED) is 0.659. The molecule has 0 unspecified atom stereocenters. The molecule has 0 fully saturated rings. The standard InChI is InChI=1S/C16H20ClIN2/c1-5-6-19-16-12-7-11(18)8-13(17)15(12)20-10(4)14(16)9(2)3/h7-9H,5-6H2,1-4H3,(H,19,20). The summed E-state index contributed by atoms with van der Waals surface area (Å²) in [6.45, 7) is 9.63. The number of aryl methyl sites for hydroxylation is 1. The summed E-state index contributed by atoms with van der Waals surface area (Å²) in [5, 5.41) is 5.44. The van der Waals surface area contributed by atoms with Crippen molar-refractivity contribution < 1.29 is 0 Å². The normalized spacial score (nSPS) is 11.3. The first-order valence-corrected chi connectivity index (χ1v) is 8.44. The molecule has 0 atom stereocenters. The largest absolute Gasteiger partial charge is 0.384 e. The van der Waals surface area contributed by atoms with Gasteiger partial charge in [-0.2, -0.15) is 0 Å². The number of benzene rings is 1. The molecule has 1 aromatic heterocycles. The number of anilines is 1. The average Bonchev–Trinajstić information content (AvgIpc) is 2.36. The number of hydrogen-bond acceptors (Lipinski definition) is 2. The Bertz CT molecular complexity index is 638. The minimum absolute atomic E-state index is 0.433. The number of hydrogen-bond donors (Lipinski definition) is 1. The molecule has 1 N–H and O–H groups in total. The summed E-state index contributed by atoms with van der Waals surface area (Å²) in [5.74, 6) is 0.433. The first-order chi connectivity index (χ1) is 9.45. The second-order valence-electron chi connectivity index (χ2n) is 5.35. The van der Waals surface area contributed by atoms with Gasteiger partial charge >= 0.3 is 0 Å². The Hall–Kier alpha value is -0.550. The Labute approximate surface area is 139 Å². The van der Waals surface area contributed by atoms with Crippen LogP contribution in [0.4, 0.5) is 5.69 Å². The molecule has 108 valence electrons. The van der Waals surface area contributed by atoms with Crippen molar-refractivity contribution in [1.82, 2.24) is 4.98 Å². The van der Waals surface area contributed by atoms with Crippen LogP contribution < -0.4 is 5.32 Å². The Morgan fingerprint density at radius 1 is 1.35 bits per heavy atom. The molecule has 0 amide bonds. The third-order valence-electron chi connectivity index (χ3n) is 3.37. The van der Waals surface area contributed by atoms with Gasteiger partial charge in [0.1, 0.15) is 0 Å². The number of rotatable bonds is 4. The van der Waals surface area contributed by atoms with Gasteiger partial charge in [0, 0.05) is 26.9 Å². The Morgan fingerprint density at radius 3 is 2.65 bits per heavy atom. The number of nitrogens with zero attached hydrogens (tertiary/aromatic N) is 1. The lowest BCUT2D eigenvalue weighted by Crippen LogP contribution is -2.08. The molecule has 0 aliphatic heterocycles. The van der Waals surface area contributed by atoms with Gasteiger partial charge in [-0.15, -0.1) is 0 Å². The molecule has 2 nitrogen and oxygen atoms in total. The number of aromatic nitrogens is 1. The third kappa shape index (κ3) is 3.03. The molecule has 1 heterocycles. The summed E-state index contributed by atoms with van der Waals surface area (Å²) in [6, 6.07) is 4.13. The van der Waals surface area contributed by atoms with E-state index in [1.54, 1.807) is 0 Å². The highest BCUT2D eigenvalue weighted by Gasteiger charge is 2.17. The lowest BCUT2D eigenvalue weighted by Gasteiger charge is -2.20. The molecule has 2 aromatic rings. The number of nitrogens with one attached hydrogen (secondary N) is 1. The van der Waals surface area contributed by atoms with Crippen molar-refractivity contribution in [3.8, 4) is 0 Å². The highest BCUT2D eigenvalue weighted by Crippen LogP contribution is 2.37. The molecule has 0 radical (unpaired) electrons. The molecule has 2 rings (SSSR count). The van der Waals surface area contributed by atoms with Crippen LogP contribution in [0.2, 0.25) is 5.02 Å². The lowest BCUT2D eigenvalue weighted by atomic mass is 9.96. The fraction of sp³-hybridized carbons (Fsp3) is 0.438. The van der Waals surface area contributed by atoms with Gasteiger partial charge in [0.05, 0.1) is 10.5 Å². The number of pyridine rings is 1. The van der Waals surface area contributed by atoms with E-state index in [1.807, 2.05) is 6.07 Å². The third-order valence-corrected chi connectivity index (χ3v) is 4.28. The van der Waals surface area contributed by atoms with E-state index in [1.165, 1.54) is 11.3 Å². The van der Waals surface area contributed by atoms with Gasteiger partial charge in [-0.05, 0) is 59.5 Å². The average molecular weight is 403 g/mol. The van der Waals surface area contributed by atoms with E-state index in [9.17, 15) is 0 Å². The summed E-state index contributed by atoms with van der Waals surface area (Å²) < 4.78 is 1.14. The summed E-state index contributed by atoms with van der Waals surface area (Å²) >= 11 is 8.68. The van der Waals surface area contributed by atoms with Crippen molar-refractivity contribution in [3.05, 3.63) is 32.0 Å². The minimum Gasteiger partial charge on any atom is -0.384 e. The molecule has 20 heavy (non-hydrogen) atoms. The van der Waals surface area contributed by atoms with Gasteiger partial charge in [0.15, 0.2) is 0 Å². The maximum Gasteiger partial charge on any atom is 0.0913 e. The van der Waals surface area contributed by atoms with Crippen molar-refractivity contribution in [3.63, 3.8) is 0 Å². The van der Waals surface area contributed by atoms with E-state index in [0.29, 0.717) is 5.92 Å². The SMILES string of the molecule is CCCNc1c(C(C)C)c(C)nc2c(Cl)cc(I)cc12. The predicted molar refractivity (Wildman–Crippen MR) is 97.1 cm³/mol. The summed E-state index contributed by atoms with van der Waals surface area (Å²) in [4.78, 5) is 4.73. The van der Waals surface area contributed by atoms with Crippen molar-refractivity contribution >= 4 is 50.8 Å². The van der Waals surface area contributed by atoms with Crippen LogP contribution >= 0.6 is 34.2 Å². The highest BCUT2D eigenvalue weighted by molar-refractivity contribution is 14.1. The van der Waals surface area contributed by atoms with Crippen LogP contribution in [0.3, 0.4) is 0 Å². The summed E-state index contributed by atoms with van der Waals surface area (Å²) in [6.07, 6.45) is 1.10.